The van der Waals surface area contributed by atoms with Crippen LogP contribution in [0.4, 0.5) is 0 Å². The lowest BCUT2D eigenvalue weighted by molar-refractivity contribution is 0.000254. The smallest absolute Gasteiger partial charge is 0.0712 e. The molecule has 1 saturated carbocycles. The zero-order valence-corrected chi connectivity index (χ0v) is 18.2. The molecule has 0 radical (unpaired) electrons. The highest BCUT2D eigenvalue weighted by molar-refractivity contribution is 9.09. The molecule has 4 heteroatoms. The highest BCUT2D eigenvalue weighted by Gasteiger charge is 2.60. The fraction of sp³-hybridized carbons (Fsp3) is 1.00. The fourth-order valence-corrected chi connectivity index (χ4v) is 6.78. The normalized spacial score (nSPS) is 51.8. The lowest BCUT2D eigenvalue weighted by Crippen LogP contribution is -2.49. The first-order chi connectivity index (χ1) is 11.0. The van der Waals surface area contributed by atoms with Crippen LogP contribution in [0.2, 0.25) is 0 Å². The Morgan fingerprint density at radius 3 is 2.46 bits per heavy atom. The summed E-state index contributed by atoms with van der Waals surface area (Å²) in [5.41, 5.74) is 0.357. The molecule has 3 rings (SSSR count). The second-order valence-corrected chi connectivity index (χ2v) is 11.6. The van der Waals surface area contributed by atoms with E-state index in [0.717, 1.165) is 12.8 Å². The third-order valence-electron chi connectivity index (χ3n) is 7.70. The summed E-state index contributed by atoms with van der Waals surface area (Å²) in [6.45, 7) is 11.4. The average Bonchev–Trinajstić information content (AvgIpc) is 2.95. The molecule has 2 nitrogen and oxygen atoms in total. The molecule has 2 saturated heterocycles. The van der Waals surface area contributed by atoms with Crippen LogP contribution >= 0.6 is 27.5 Å². The summed E-state index contributed by atoms with van der Waals surface area (Å²) < 4.78 is 6.36. The molecule has 0 aromatic rings. The summed E-state index contributed by atoms with van der Waals surface area (Å²) in [5, 5.41) is 10.7. The van der Waals surface area contributed by atoms with Crippen LogP contribution in [0, 0.1) is 23.2 Å². The van der Waals surface area contributed by atoms with E-state index in [1.807, 2.05) is 6.92 Å². The predicted octanol–water partition coefficient (Wildman–Crippen LogP) is 5.53. The second kappa shape index (κ2) is 6.39. The molecule has 2 aliphatic heterocycles. The molecule has 8 unspecified atom stereocenters. The Bertz CT molecular complexity index is 476. The van der Waals surface area contributed by atoms with Crippen molar-refractivity contribution in [2.45, 2.75) is 101 Å². The maximum Gasteiger partial charge on any atom is 0.0712 e. The molecule has 0 spiro atoms. The molecule has 140 valence electrons. The van der Waals surface area contributed by atoms with E-state index in [2.05, 4.69) is 43.6 Å². The third-order valence-corrected chi connectivity index (χ3v) is 9.94. The Morgan fingerprint density at radius 2 is 1.88 bits per heavy atom. The van der Waals surface area contributed by atoms with Gasteiger partial charge < -0.3 is 9.84 Å². The number of aliphatic hydroxyl groups is 1. The summed E-state index contributed by atoms with van der Waals surface area (Å²) in [6, 6.07) is 0. The highest BCUT2D eigenvalue weighted by Crippen LogP contribution is 2.59. The first-order valence-corrected chi connectivity index (χ1v) is 11.0. The van der Waals surface area contributed by atoms with E-state index in [1.54, 1.807) is 0 Å². The van der Waals surface area contributed by atoms with Gasteiger partial charge in [0.1, 0.15) is 0 Å². The zero-order chi connectivity index (χ0) is 17.9. The zero-order valence-electron chi connectivity index (χ0n) is 15.8. The minimum atomic E-state index is -0.351. The quantitative estimate of drug-likeness (QED) is 0.605. The number of alkyl halides is 2. The molecule has 2 bridgehead atoms. The van der Waals surface area contributed by atoms with E-state index in [-0.39, 0.29) is 26.8 Å². The van der Waals surface area contributed by atoms with Gasteiger partial charge in [0.05, 0.1) is 27.5 Å². The van der Waals surface area contributed by atoms with Crippen molar-refractivity contribution < 1.29 is 9.84 Å². The van der Waals surface area contributed by atoms with Crippen LogP contribution in [0.5, 0.6) is 0 Å². The van der Waals surface area contributed by atoms with Crippen molar-refractivity contribution in [3.05, 3.63) is 0 Å². The standard InChI is InChI=1S/C20H34BrClO2/c1-12(13-8-10-19(4,22)17(21)16(13)23)6-7-14-18(2,3)15-9-11-20(14,5)24-15/h12-17,23H,6-11H2,1-5H3. The average molecular weight is 422 g/mol. The van der Waals surface area contributed by atoms with Crippen molar-refractivity contribution in [3.63, 3.8) is 0 Å². The summed E-state index contributed by atoms with van der Waals surface area (Å²) in [7, 11) is 0. The van der Waals surface area contributed by atoms with Crippen molar-refractivity contribution in [2.24, 2.45) is 23.2 Å². The van der Waals surface area contributed by atoms with Crippen molar-refractivity contribution in [2.75, 3.05) is 0 Å². The molecule has 0 aromatic heterocycles. The molecule has 0 amide bonds. The van der Waals surface area contributed by atoms with E-state index < -0.39 is 0 Å². The van der Waals surface area contributed by atoms with E-state index in [0.29, 0.717) is 23.9 Å². The summed E-state index contributed by atoms with van der Waals surface area (Å²) >= 11 is 10.2. The van der Waals surface area contributed by atoms with Gasteiger partial charge in [0.2, 0.25) is 0 Å². The largest absolute Gasteiger partial charge is 0.392 e. The highest BCUT2D eigenvalue weighted by atomic mass is 79.9. The van der Waals surface area contributed by atoms with E-state index in [9.17, 15) is 5.11 Å². The van der Waals surface area contributed by atoms with Gasteiger partial charge in [-0.25, -0.2) is 0 Å². The van der Waals surface area contributed by atoms with Crippen LogP contribution in [0.25, 0.3) is 0 Å². The molecule has 1 aliphatic carbocycles. The summed E-state index contributed by atoms with van der Waals surface area (Å²) in [6.07, 6.45) is 6.87. The molecule has 0 aromatic carbocycles. The van der Waals surface area contributed by atoms with Crippen LogP contribution in [0.1, 0.15) is 73.1 Å². The fourth-order valence-electron chi connectivity index (χ4n) is 5.92. The van der Waals surface area contributed by atoms with Gasteiger partial charge in [-0.1, -0.05) is 36.7 Å². The van der Waals surface area contributed by atoms with E-state index in [4.69, 9.17) is 16.3 Å². The first-order valence-electron chi connectivity index (χ1n) is 9.68. The molecule has 2 heterocycles. The van der Waals surface area contributed by atoms with Crippen molar-refractivity contribution >= 4 is 27.5 Å². The Kier molecular flexibility index (Phi) is 5.18. The maximum absolute atomic E-state index is 10.7. The van der Waals surface area contributed by atoms with E-state index >= 15 is 0 Å². The second-order valence-electron chi connectivity index (χ2n) is 9.76. The number of rotatable bonds is 4. The van der Waals surface area contributed by atoms with Gasteiger partial charge in [-0.3, -0.25) is 0 Å². The molecule has 1 N–H and O–H groups in total. The van der Waals surface area contributed by atoms with Gasteiger partial charge in [0.15, 0.2) is 0 Å². The number of fused-ring (bicyclic) bond motifs is 2. The maximum atomic E-state index is 10.7. The van der Waals surface area contributed by atoms with Crippen LogP contribution < -0.4 is 0 Å². The first kappa shape index (κ1) is 19.5. The third kappa shape index (κ3) is 3.10. The number of hydrogen-bond donors (Lipinski definition) is 1. The summed E-state index contributed by atoms with van der Waals surface area (Å²) in [5.74, 6) is 1.49. The van der Waals surface area contributed by atoms with Gasteiger partial charge >= 0.3 is 0 Å². The van der Waals surface area contributed by atoms with Gasteiger partial charge in [-0.15, -0.1) is 11.6 Å². The van der Waals surface area contributed by atoms with Gasteiger partial charge in [-0.05, 0) is 75.5 Å². The number of hydrogen-bond acceptors (Lipinski definition) is 2. The minimum Gasteiger partial charge on any atom is -0.392 e. The number of halogens is 2. The van der Waals surface area contributed by atoms with Crippen molar-refractivity contribution in [3.8, 4) is 0 Å². The molecular weight excluding hydrogens is 388 g/mol. The number of aliphatic hydroxyl groups excluding tert-OH is 1. The Balaban J connectivity index is 1.61. The van der Waals surface area contributed by atoms with Gasteiger partial charge in [0.25, 0.3) is 0 Å². The summed E-state index contributed by atoms with van der Waals surface area (Å²) in [4.78, 5) is -0.351. The van der Waals surface area contributed by atoms with Crippen LogP contribution in [0.3, 0.4) is 0 Å². The SMILES string of the molecule is CC(CCC1C2(C)CCC(O2)C1(C)C)C1CCC(C)(Cl)C(Br)C1O. The topological polar surface area (TPSA) is 29.5 Å². The lowest BCUT2D eigenvalue weighted by atomic mass is 9.61. The van der Waals surface area contributed by atoms with Gasteiger partial charge in [-0.2, -0.15) is 0 Å². The minimum absolute atomic E-state index is 0.0207. The lowest BCUT2D eigenvalue weighted by Gasteiger charge is -2.44. The van der Waals surface area contributed by atoms with Crippen molar-refractivity contribution in [1.82, 2.24) is 0 Å². The molecule has 3 fully saturated rings. The van der Waals surface area contributed by atoms with Crippen LogP contribution in [-0.4, -0.2) is 32.6 Å². The molecule has 24 heavy (non-hydrogen) atoms. The Hall–Kier alpha value is 0.690. The Labute approximate surface area is 161 Å². The monoisotopic (exact) mass is 420 g/mol. The van der Waals surface area contributed by atoms with Crippen LogP contribution in [0.15, 0.2) is 0 Å². The molecule has 3 aliphatic rings. The van der Waals surface area contributed by atoms with Crippen LogP contribution in [-0.2, 0) is 4.74 Å². The van der Waals surface area contributed by atoms with E-state index in [1.165, 1.54) is 25.7 Å². The van der Waals surface area contributed by atoms with Gasteiger partial charge in [0, 0.05) is 0 Å². The predicted molar refractivity (Wildman–Crippen MR) is 104 cm³/mol. The Morgan fingerprint density at radius 1 is 1.21 bits per heavy atom. The van der Waals surface area contributed by atoms with Crippen molar-refractivity contribution in [1.29, 1.82) is 0 Å². The molecule has 8 atom stereocenters. The molecular formula is C20H34BrClO2. The number of ether oxygens (including phenoxy) is 1.